The molecule has 0 saturated heterocycles. The second-order valence-corrected chi connectivity index (χ2v) is 9.38. The van der Waals surface area contributed by atoms with Crippen molar-refractivity contribution in [3.8, 4) is 0 Å². The van der Waals surface area contributed by atoms with Crippen molar-refractivity contribution in [1.29, 1.82) is 0 Å². The molecule has 1 unspecified atom stereocenters. The molecule has 8 heteroatoms. The van der Waals surface area contributed by atoms with E-state index in [1.165, 1.54) is 0 Å². The number of carbonyl (C=O) groups is 3. The van der Waals surface area contributed by atoms with Crippen molar-refractivity contribution < 1.29 is 19.5 Å². The Kier molecular flexibility index (Phi) is 9.16. The molecule has 0 saturated carbocycles. The van der Waals surface area contributed by atoms with E-state index in [1.54, 1.807) is 13.8 Å². The first-order valence-corrected chi connectivity index (χ1v) is 12.0. The maximum Gasteiger partial charge on any atom is 0.245 e. The number of aliphatic hydroxyl groups is 1. The molecule has 6 N–H and O–H groups in total. The number of nitrogens with one attached hydrogen (secondary N) is 3. The molecule has 0 aliphatic heterocycles. The standard InChI is InChI=1S/C28H34N4O4/c1-28(2,32-25(34)16-19-8-4-3-5-9-19)27(36)31-24(26(35)30-18-23(33)17-29)15-20-12-13-21-10-6-7-11-22(21)14-20/h3-14,23-24,33H,15-18,29H2,1-2H3,(H,30,35)(H,31,36)(H,32,34)/t23?,24-/m1/s1. The Hall–Kier alpha value is -3.75. The van der Waals surface area contributed by atoms with Gasteiger partial charge in [-0.3, -0.25) is 14.4 Å². The second kappa shape index (κ2) is 12.3. The lowest BCUT2D eigenvalue weighted by Gasteiger charge is -2.28. The third kappa shape index (κ3) is 7.63. The topological polar surface area (TPSA) is 134 Å². The van der Waals surface area contributed by atoms with Gasteiger partial charge in [-0.25, -0.2) is 0 Å². The van der Waals surface area contributed by atoms with Crippen molar-refractivity contribution in [3.05, 3.63) is 83.9 Å². The molecule has 0 bridgehead atoms. The normalized spacial score (nSPS) is 13.0. The summed E-state index contributed by atoms with van der Waals surface area (Å²) in [5.41, 5.74) is 5.87. The Bertz CT molecular complexity index is 1200. The zero-order valence-corrected chi connectivity index (χ0v) is 20.7. The van der Waals surface area contributed by atoms with Gasteiger partial charge in [0.1, 0.15) is 11.6 Å². The average Bonchev–Trinajstić information content (AvgIpc) is 2.86. The number of hydrogen-bond acceptors (Lipinski definition) is 5. The molecular formula is C28H34N4O4. The fourth-order valence-corrected chi connectivity index (χ4v) is 3.81. The van der Waals surface area contributed by atoms with Gasteiger partial charge in [0, 0.05) is 19.5 Å². The van der Waals surface area contributed by atoms with Gasteiger partial charge in [-0.15, -0.1) is 0 Å². The molecule has 0 aliphatic rings. The van der Waals surface area contributed by atoms with Gasteiger partial charge in [-0.1, -0.05) is 72.8 Å². The Balaban J connectivity index is 1.72. The smallest absolute Gasteiger partial charge is 0.245 e. The molecule has 3 amide bonds. The fourth-order valence-electron chi connectivity index (χ4n) is 3.81. The van der Waals surface area contributed by atoms with Gasteiger partial charge in [0.15, 0.2) is 0 Å². The summed E-state index contributed by atoms with van der Waals surface area (Å²) in [5, 5.41) is 20.0. The van der Waals surface area contributed by atoms with Gasteiger partial charge in [0.2, 0.25) is 17.7 Å². The lowest BCUT2D eigenvalue weighted by atomic mass is 9.98. The van der Waals surface area contributed by atoms with E-state index in [9.17, 15) is 19.5 Å². The van der Waals surface area contributed by atoms with E-state index in [1.807, 2.05) is 72.8 Å². The number of aliphatic hydroxyl groups excluding tert-OH is 1. The number of nitrogens with two attached hydrogens (primary N) is 1. The molecule has 0 spiro atoms. The highest BCUT2D eigenvalue weighted by Crippen LogP contribution is 2.17. The van der Waals surface area contributed by atoms with Crippen LogP contribution in [0.3, 0.4) is 0 Å². The van der Waals surface area contributed by atoms with Crippen LogP contribution in [0.2, 0.25) is 0 Å². The van der Waals surface area contributed by atoms with Crippen LogP contribution in [0, 0.1) is 0 Å². The maximum atomic E-state index is 13.2. The van der Waals surface area contributed by atoms with Gasteiger partial charge in [0.05, 0.1) is 12.5 Å². The van der Waals surface area contributed by atoms with E-state index in [-0.39, 0.29) is 31.8 Å². The first-order chi connectivity index (χ1) is 17.2. The molecule has 3 aromatic carbocycles. The predicted molar refractivity (Wildman–Crippen MR) is 140 cm³/mol. The number of carbonyl (C=O) groups excluding carboxylic acids is 3. The van der Waals surface area contributed by atoms with E-state index in [0.29, 0.717) is 0 Å². The van der Waals surface area contributed by atoms with E-state index in [2.05, 4.69) is 16.0 Å². The number of benzene rings is 3. The van der Waals surface area contributed by atoms with Crippen molar-refractivity contribution in [2.45, 2.75) is 44.4 Å². The van der Waals surface area contributed by atoms with E-state index < -0.39 is 29.5 Å². The van der Waals surface area contributed by atoms with E-state index >= 15 is 0 Å². The SMILES string of the molecule is CC(C)(NC(=O)Cc1ccccc1)C(=O)N[C@H](Cc1ccc2ccccc2c1)C(=O)NCC(O)CN. The highest BCUT2D eigenvalue weighted by molar-refractivity contribution is 5.95. The van der Waals surface area contributed by atoms with Crippen molar-refractivity contribution >= 4 is 28.5 Å². The van der Waals surface area contributed by atoms with Crippen LogP contribution >= 0.6 is 0 Å². The van der Waals surface area contributed by atoms with Crippen LogP contribution in [0.1, 0.15) is 25.0 Å². The lowest BCUT2D eigenvalue weighted by Crippen LogP contribution is -2.59. The largest absolute Gasteiger partial charge is 0.390 e. The average molecular weight is 491 g/mol. The van der Waals surface area contributed by atoms with Crippen LogP contribution in [-0.4, -0.2) is 53.6 Å². The van der Waals surface area contributed by atoms with Crippen molar-refractivity contribution in [3.63, 3.8) is 0 Å². The quantitative estimate of drug-likeness (QED) is 0.277. The first kappa shape index (κ1) is 26.8. The van der Waals surface area contributed by atoms with Crippen LogP contribution in [0.4, 0.5) is 0 Å². The zero-order chi connectivity index (χ0) is 26.1. The van der Waals surface area contributed by atoms with Crippen LogP contribution in [0.5, 0.6) is 0 Å². The van der Waals surface area contributed by atoms with Crippen molar-refractivity contribution in [1.82, 2.24) is 16.0 Å². The summed E-state index contributed by atoms with van der Waals surface area (Å²) >= 11 is 0. The molecule has 0 aliphatic carbocycles. The van der Waals surface area contributed by atoms with E-state index in [0.717, 1.165) is 21.9 Å². The third-order valence-corrected chi connectivity index (χ3v) is 5.89. The minimum atomic E-state index is -1.26. The molecule has 0 radical (unpaired) electrons. The van der Waals surface area contributed by atoms with Crippen LogP contribution in [-0.2, 0) is 27.2 Å². The molecule has 190 valence electrons. The monoisotopic (exact) mass is 490 g/mol. The summed E-state index contributed by atoms with van der Waals surface area (Å²) in [6.07, 6.45) is -0.523. The maximum absolute atomic E-state index is 13.2. The Morgan fingerprint density at radius 3 is 2.28 bits per heavy atom. The van der Waals surface area contributed by atoms with Crippen molar-refractivity contribution in [2.24, 2.45) is 5.73 Å². The number of hydrogen-bond donors (Lipinski definition) is 5. The molecule has 0 aromatic heterocycles. The van der Waals surface area contributed by atoms with Crippen LogP contribution in [0.15, 0.2) is 72.8 Å². The summed E-state index contributed by atoms with van der Waals surface area (Å²) < 4.78 is 0. The molecule has 0 heterocycles. The summed E-state index contributed by atoms with van der Waals surface area (Å²) in [4.78, 5) is 38.7. The molecule has 3 aromatic rings. The van der Waals surface area contributed by atoms with Gasteiger partial charge < -0.3 is 26.8 Å². The highest BCUT2D eigenvalue weighted by atomic mass is 16.3. The van der Waals surface area contributed by atoms with Gasteiger partial charge in [-0.2, -0.15) is 0 Å². The minimum Gasteiger partial charge on any atom is -0.390 e. The fraction of sp³-hybridized carbons (Fsp3) is 0.321. The van der Waals surface area contributed by atoms with Crippen molar-refractivity contribution in [2.75, 3.05) is 13.1 Å². The van der Waals surface area contributed by atoms with Gasteiger partial charge in [0.25, 0.3) is 0 Å². The Labute approximate surface area is 211 Å². The molecule has 2 atom stereocenters. The summed E-state index contributed by atoms with van der Waals surface area (Å²) in [6.45, 7) is 3.15. The number of amides is 3. The minimum absolute atomic E-state index is 0.00244. The molecule has 3 rings (SSSR count). The lowest BCUT2D eigenvalue weighted by molar-refractivity contribution is -0.134. The predicted octanol–water partition coefficient (Wildman–Crippen LogP) is 1.44. The molecular weight excluding hydrogens is 456 g/mol. The van der Waals surface area contributed by atoms with E-state index in [4.69, 9.17) is 5.73 Å². The third-order valence-electron chi connectivity index (χ3n) is 5.89. The number of fused-ring (bicyclic) bond motifs is 1. The van der Waals surface area contributed by atoms with Crippen LogP contribution in [0.25, 0.3) is 10.8 Å². The van der Waals surface area contributed by atoms with Crippen LogP contribution < -0.4 is 21.7 Å². The Morgan fingerprint density at radius 2 is 1.58 bits per heavy atom. The molecule has 8 nitrogen and oxygen atoms in total. The summed E-state index contributed by atoms with van der Waals surface area (Å²) in [6, 6.07) is 22.0. The summed E-state index contributed by atoms with van der Waals surface area (Å²) in [7, 11) is 0. The van der Waals surface area contributed by atoms with Gasteiger partial charge >= 0.3 is 0 Å². The summed E-state index contributed by atoms with van der Waals surface area (Å²) in [5.74, 6) is -1.25. The second-order valence-electron chi connectivity index (χ2n) is 9.38. The van der Waals surface area contributed by atoms with Gasteiger partial charge in [-0.05, 0) is 35.7 Å². The first-order valence-electron chi connectivity index (χ1n) is 12.0. The zero-order valence-electron chi connectivity index (χ0n) is 20.7. The molecule has 0 fully saturated rings. The highest BCUT2D eigenvalue weighted by Gasteiger charge is 2.33. The molecule has 36 heavy (non-hydrogen) atoms. The number of rotatable bonds is 11. The Morgan fingerprint density at radius 1 is 0.917 bits per heavy atom.